The third-order valence-corrected chi connectivity index (χ3v) is 5.83. The van der Waals surface area contributed by atoms with E-state index in [9.17, 15) is 12.8 Å². The molecule has 0 amide bonds. The normalized spacial score (nSPS) is 11.6. The topological polar surface area (TPSA) is 58.2 Å². The van der Waals surface area contributed by atoms with Crippen molar-refractivity contribution < 1.29 is 12.8 Å². The third-order valence-electron chi connectivity index (χ3n) is 2.70. The first-order valence-electron chi connectivity index (χ1n) is 6.19. The summed E-state index contributed by atoms with van der Waals surface area (Å²) < 4.78 is 40.7. The molecule has 1 aromatic heterocycles. The summed E-state index contributed by atoms with van der Waals surface area (Å²) in [5.41, 5.74) is 0.309. The van der Waals surface area contributed by atoms with Crippen LogP contribution in [-0.2, 0) is 16.6 Å². The number of anilines is 1. The Morgan fingerprint density at radius 1 is 1.33 bits per heavy atom. The molecule has 0 saturated carbocycles. The van der Waals surface area contributed by atoms with Crippen molar-refractivity contribution in [2.45, 2.75) is 18.4 Å². The maximum Gasteiger partial charge on any atom is 0.263 e. The fraction of sp³-hybridized carbons (Fsp3) is 0.231. The van der Waals surface area contributed by atoms with E-state index in [2.05, 4.69) is 26.0 Å². The second-order valence-electron chi connectivity index (χ2n) is 4.22. The van der Waals surface area contributed by atoms with Gasteiger partial charge in [-0.1, -0.05) is 6.92 Å². The van der Waals surface area contributed by atoms with Gasteiger partial charge in [0, 0.05) is 11.4 Å². The van der Waals surface area contributed by atoms with E-state index in [1.54, 1.807) is 11.4 Å². The van der Waals surface area contributed by atoms with Crippen molar-refractivity contribution in [3.05, 3.63) is 44.8 Å². The van der Waals surface area contributed by atoms with Gasteiger partial charge in [0.2, 0.25) is 0 Å². The lowest BCUT2D eigenvalue weighted by atomic mass is 10.3. The monoisotopic (exact) mass is 392 g/mol. The van der Waals surface area contributed by atoms with Crippen molar-refractivity contribution in [3.8, 4) is 0 Å². The van der Waals surface area contributed by atoms with Crippen LogP contribution in [0.3, 0.4) is 0 Å². The van der Waals surface area contributed by atoms with E-state index in [0.29, 0.717) is 12.2 Å². The fourth-order valence-electron chi connectivity index (χ4n) is 1.71. The molecule has 21 heavy (non-hydrogen) atoms. The molecule has 8 heteroatoms. The highest BCUT2D eigenvalue weighted by molar-refractivity contribution is 9.10. The highest BCUT2D eigenvalue weighted by atomic mass is 79.9. The standard InChI is InChI=1S/C13H14BrFN2O2S2/c1-2-16-8-12-13(5-6-20-12)21(18,19)17-9-3-4-11(15)10(14)7-9/h3-7,16-17H,2,8H2,1H3. The van der Waals surface area contributed by atoms with Crippen molar-refractivity contribution in [1.82, 2.24) is 5.32 Å². The number of benzene rings is 1. The molecular weight excluding hydrogens is 379 g/mol. The first-order chi connectivity index (χ1) is 9.94. The van der Waals surface area contributed by atoms with Crippen LogP contribution in [0.25, 0.3) is 0 Å². The van der Waals surface area contributed by atoms with Crippen molar-refractivity contribution >= 4 is 43.0 Å². The van der Waals surface area contributed by atoms with Crippen LogP contribution in [0.2, 0.25) is 0 Å². The quantitative estimate of drug-likeness (QED) is 0.789. The lowest BCUT2D eigenvalue weighted by molar-refractivity contribution is 0.599. The predicted molar refractivity (Wildman–Crippen MR) is 86.6 cm³/mol. The van der Waals surface area contributed by atoms with Crippen LogP contribution in [0.15, 0.2) is 39.0 Å². The lowest BCUT2D eigenvalue weighted by Gasteiger charge is -2.09. The van der Waals surface area contributed by atoms with E-state index in [1.807, 2.05) is 6.92 Å². The average Bonchev–Trinajstić information content (AvgIpc) is 2.89. The molecule has 4 nitrogen and oxygen atoms in total. The Labute approximate surface area is 135 Å². The maximum atomic E-state index is 13.2. The van der Waals surface area contributed by atoms with Crippen LogP contribution >= 0.6 is 27.3 Å². The molecule has 2 aromatic rings. The Bertz CT molecular complexity index is 732. The number of thiophene rings is 1. The minimum absolute atomic E-state index is 0.209. The summed E-state index contributed by atoms with van der Waals surface area (Å²) in [4.78, 5) is 0.986. The molecule has 0 saturated heterocycles. The molecule has 1 aromatic carbocycles. The van der Waals surface area contributed by atoms with Crippen LogP contribution < -0.4 is 10.0 Å². The highest BCUT2D eigenvalue weighted by Crippen LogP contribution is 2.26. The fourth-order valence-corrected chi connectivity index (χ4v) is 4.55. The van der Waals surface area contributed by atoms with Gasteiger partial charge in [-0.15, -0.1) is 11.3 Å². The van der Waals surface area contributed by atoms with Crippen LogP contribution in [0.1, 0.15) is 11.8 Å². The number of sulfonamides is 1. The molecule has 2 N–H and O–H groups in total. The number of hydrogen-bond donors (Lipinski definition) is 2. The first kappa shape index (κ1) is 16.4. The second-order valence-corrected chi connectivity index (χ2v) is 7.73. The Morgan fingerprint density at radius 2 is 2.10 bits per heavy atom. The maximum absolute atomic E-state index is 13.2. The minimum atomic E-state index is -3.68. The molecule has 0 aliphatic heterocycles. The molecule has 0 aliphatic carbocycles. The van der Waals surface area contributed by atoms with E-state index >= 15 is 0 Å². The van der Waals surface area contributed by atoms with Crippen molar-refractivity contribution in [2.75, 3.05) is 11.3 Å². The smallest absolute Gasteiger partial charge is 0.263 e. The van der Waals surface area contributed by atoms with Gasteiger partial charge < -0.3 is 5.32 Å². The molecule has 2 rings (SSSR count). The van der Waals surface area contributed by atoms with Crippen LogP contribution in [0.5, 0.6) is 0 Å². The van der Waals surface area contributed by atoms with Crippen LogP contribution in [0, 0.1) is 5.82 Å². The first-order valence-corrected chi connectivity index (χ1v) is 9.34. The summed E-state index contributed by atoms with van der Waals surface area (Å²) in [6.45, 7) is 3.21. The molecule has 1 heterocycles. The van der Waals surface area contributed by atoms with Crippen molar-refractivity contribution in [1.29, 1.82) is 0 Å². The molecule has 0 bridgehead atoms. The Kier molecular flexibility index (Phi) is 5.37. The number of rotatable bonds is 6. The molecule has 0 atom stereocenters. The average molecular weight is 393 g/mol. The molecule has 0 fully saturated rings. The summed E-state index contributed by atoms with van der Waals surface area (Å²) in [5, 5.41) is 4.84. The number of halogens is 2. The van der Waals surface area contributed by atoms with Gasteiger partial charge >= 0.3 is 0 Å². The second kappa shape index (κ2) is 6.87. The van der Waals surface area contributed by atoms with Gasteiger partial charge in [-0.2, -0.15) is 0 Å². The molecule has 0 radical (unpaired) electrons. The summed E-state index contributed by atoms with van der Waals surface area (Å²) in [7, 11) is -3.68. The molecule has 114 valence electrons. The zero-order valence-corrected chi connectivity index (χ0v) is 14.4. The summed E-state index contributed by atoms with van der Waals surface area (Å²) in [6, 6.07) is 5.55. The molecule has 0 aliphatic rings. The van der Waals surface area contributed by atoms with Crippen molar-refractivity contribution in [3.63, 3.8) is 0 Å². The largest absolute Gasteiger partial charge is 0.312 e. The summed E-state index contributed by atoms with van der Waals surface area (Å²) >= 11 is 4.41. The number of nitrogens with one attached hydrogen (secondary N) is 2. The number of hydrogen-bond acceptors (Lipinski definition) is 4. The summed E-state index contributed by atoms with van der Waals surface area (Å²) in [5.74, 6) is -0.443. The van der Waals surface area contributed by atoms with E-state index < -0.39 is 15.8 Å². The van der Waals surface area contributed by atoms with Gasteiger partial charge in [0.05, 0.1) is 10.2 Å². The Balaban J connectivity index is 2.26. The zero-order valence-electron chi connectivity index (χ0n) is 11.2. The van der Waals surface area contributed by atoms with Gasteiger partial charge in [-0.3, -0.25) is 4.72 Å². The molecule has 0 spiro atoms. The van der Waals surface area contributed by atoms with Crippen LogP contribution in [-0.4, -0.2) is 15.0 Å². The van der Waals surface area contributed by atoms with E-state index in [4.69, 9.17) is 0 Å². The minimum Gasteiger partial charge on any atom is -0.312 e. The third kappa shape index (κ3) is 4.03. The Hall–Kier alpha value is -0.960. The highest BCUT2D eigenvalue weighted by Gasteiger charge is 2.20. The van der Waals surface area contributed by atoms with Gasteiger partial charge in [-0.05, 0) is 52.1 Å². The van der Waals surface area contributed by atoms with Crippen LogP contribution in [0.4, 0.5) is 10.1 Å². The molecular formula is C13H14BrFN2O2S2. The zero-order chi connectivity index (χ0) is 15.5. The SMILES string of the molecule is CCNCc1sccc1S(=O)(=O)Nc1ccc(F)c(Br)c1. The van der Waals surface area contributed by atoms with E-state index in [1.165, 1.54) is 29.5 Å². The van der Waals surface area contributed by atoms with Gasteiger partial charge in [0.25, 0.3) is 10.0 Å². The molecule has 0 unspecified atom stereocenters. The van der Waals surface area contributed by atoms with E-state index in [0.717, 1.165) is 11.4 Å². The summed E-state index contributed by atoms with van der Waals surface area (Å²) in [6.07, 6.45) is 0. The van der Waals surface area contributed by atoms with E-state index in [-0.39, 0.29) is 9.37 Å². The van der Waals surface area contributed by atoms with Crippen molar-refractivity contribution in [2.24, 2.45) is 0 Å². The lowest BCUT2D eigenvalue weighted by Crippen LogP contribution is -2.17. The predicted octanol–water partition coefficient (Wildman–Crippen LogP) is 3.56. The van der Waals surface area contributed by atoms with Gasteiger partial charge in [-0.25, -0.2) is 12.8 Å². The Morgan fingerprint density at radius 3 is 2.76 bits per heavy atom. The van der Waals surface area contributed by atoms with Gasteiger partial charge in [0.1, 0.15) is 10.7 Å². The van der Waals surface area contributed by atoms with Gasteiger partial charge in [0.15, 0.2) is 0 Å².